The first-order valence-electron chi connectivity index (χ1n) is 12.2. The lowest BCUT2D eigenvalue weighted by Crippen LogP contribution is -2.51. The molecule has 9 nitrogen and oxygen atoms in total. The molecule has 2 aromatic rings. The molecular weight excluding hydrogens is 458 g/mol. The number of nitrogens with one attached hydrogen (secondary N) is 1. The van der Waals surface area contributed by atoms with E-state index in [1.165, 1.54) is 9.80 Å². The second-order valence-electron chi connectivity index (χ2n) is 10.5. The van der Waals surface area contributed by atoms with E-state index in [1.807, 2.05) is 30.5 Å². The van der Waals surface area contributed by atoms with Gasteiger partial charge in [0.2, 0.25) is 5.91 Å². The highest BCUT2D eigenvalue weighted by Gasteiger charge is 2.42. The number of nitriles is 1. The van der Waals surface area contributed by atoms with Crippen molar-refractivity contribution in [1.29, 1.82) is 5.26 Å². The Balaban J connectivity index is 1.76. The van der Waals surface area contributed by atoms with Crippen molar-refractivity contribution in [3.8, 4) is 6.19 Å². The fraction of sp³-hybridized carbons (Fsp3) is 0.481. The van der Waals surface area contributed by atoms with Gasteiger partial charge in [-0.3, -0.25) is 24.4 Å². The molecule has 3 unspecified atom stereocenters. The molecule has 4 rings (SSSR count). The van der Waals surface area contributed by atoms with E-state index in [4.69, 9.17) is 4.74 Å². The summed E-state index contributed by atoms with van der Waals surface area (Å²) in [4.78, 5) is 34.7. The number of aromatic nitrogens is 1. The largest absolute Gasteiger partial charge is 0.391 e. The number of carbonyl (C=O) groups is 2. The zero-order chi connectivity index (χ0) is 25.9. The van der Waals surface area contributed by atoms with E-state index < -0.39 is 24.1 Å². The number of amides is 2. The van der Waals surface area contributed by atoms with Crippen molar-refractivity contribution in [2.45, 2.75) is 50.8 Å². The lowest BCUT2D eigenvalue weighted by atomic mass is 9.87. The summed E-state index contributed by atoms with van der Waals surface area (Å²) in [5, 5.41) is 22.8. The second kappa shape index (κ2) is 10.6. The summed E-state index contributed by atoms with van der Waals surface area (Å²) in [7, 11) is 0. The van der Waals surface area contributed by atoms with Crippen LogP contribution in [0.2, 0.25) is 0 Å². The SMILES string of the molecule is CC(C)(C)c1ccc(N(C(=O)C2CC(O)CN2C#N)C(C(=O)NCC2COC2)c2cccnc2)cc1. The van der Waals surface area contributed by atoms with Crippen molar-refractivity contribution >= 4 is 17.5 Å². The number of ether oxygens (including phenoxy) is 1. The predicted molar refractivity (Wildman–Crippen MR) is 134 cm³/mol. The molecule has 3 heterocycles. The van der Waals surface area contributed by atoms with E-state index in [9.17, 15) is 20.0 Å². The summed E-state index contributed by atoms with van der Waals surface area (Å²) in [6.07, 6.45) is 4.53. The van der Waals surface area contributed by atoms with Crippen LogP contribution in [-0.4, -0.2) is 65.3 Å². The number of aliphatic hydroxyl groups excluding tert-OH is 1. The molecule has 1 aromatic heterocycles. The fourth-order valence-corrected chi connectivity index (χ4v) is 4.54. The maximum atomic E-state index is 14.1. The van der Waals surface area contributed by atoms with Crippen molar-refractivity contribution in [2.24, 2.45) is 5.92 Å². The smallest absolute Gasteiger partial charge is 0.251 e. The number of carbonyl (C=O) groups excluding carboxylic acids is 2. The minimum absolute atomic E-state index is 0.0785. The maximum absolute atomic E-state index is 14.1. The number of hydrogen-bond acceptors (Lipinski definition) is 7. The van der Waals surface area contributed by atoms with E-state index in [1.54, 1.807) is 24.5 Å². The molecule has 36 heavy (non-hydrogen) atoms. The highest BCUT2D eigenvalue weighted by atomic mass is 16.5. The maximum Gasteiger partial charge on any atom is 0.251 e. The minimum Gasteiger partial charge on any atom is -0.391 e. The molecular formula is C27H33N5O4. The Morgan fingerprint density at radius 1 is 1.28 bits per heavy atom. The van der Waals surface area contributed by atoms with Crippen molar-refractivity contribution < 1.29 is 19.4 Å². The minimum atomic E-state index is -1.01. The summed E-state index contributed by atoms with van der Waals surface area (Å²) in [5.41, 5.74) is 2.07. The normalized spacial score (nSPS) is 20.8. The standard InChI is InChI=1S/C27H33N5O4/c1-27(2,3)20-6-8-21(9-7-20)32(26(35)23-11-22(33)14-31(23)17-28)24(19-5-4-10-29-13-19)25(34)30-12-18-15-36-16-18/h4-10,13,18,22-24,33H,11-12,14-16H2,1-3H3,(H,30,34). The third-order valence-corrected chi connectivity index (χ3v) is 6.72. The van der Waals surface area contributed by atoms with Gasteiger partial charge in [0.1, 0.15) is 12.1 Å². The molecule has 2 N–H and O–H groups in total. The lowest BCUT2D eigenvalue weighted by Gasteiger charge is -2.35. The van der Waals surface area contributed by atoms with Crippen LogP contribution in [0.15, 0.2) is 48.8 Å². The van der Waals surface area contributed by atoms with Crippen LogP contribution in [0.1, 0.15) is 44.4 Å². The average Bonchev–Trinajstić information content (AvgIpc) is 3.22. The van der Waals surface area contributed by atoms with Gasteiger partial charge in [-0.15, -0.1) is 0 Å². The molecule has 3 atom stereocenters. The number of aliphatic hydroxyl groups is 1. The number of pyridine rings is 1. The molecule has 2 fully saturated rings. The summed E-state index contributed by atoms with van der Waals surface area (Å²) in [5.74, 6) is -0.532. The molecule has 2 aliphatic rings. The summed E-state index contributed by atoms with van der Waals surface area (Å²) in [6, 6.07) is 9.16. The van der Waals surface area contributed by atoms with Crippen molar-refractivity contribution in [3.63, 3.8) is 0 Å². The molecule has 0 radical (unpaired) electrons. The van der Waals surface area contributed by atoms with Crippen molar-refractivity contribution in [2.75, 3.05) is 31.2 Å². The van der Waals surface area contributed by atoms with Crippen molar-refractivity contribution in [3.05, 3.63) is 59.9 Å². The lowest BCUT2D eigenvalue weighted by molar-refractivity contribution is -0.128. The van der Waals surface area contributed by atoms with Crippen LogP contribution in [0, 0.1) is 17.4 Å². The van der Waals surface area contributed by atoms with E-state index in [0.717, 1.165) is 5.56 Å². The number of nitrogens with zero attached hydrogens (tertiary/aromatic N) is 4. The summed E-state index contributed by atoms with van der Waals surface area (Å²) in [6.45, 7) is 8.00. The molecule has 9 heteroatoms. The number of anilines is 1. The van der Waals surface area contributed by atoms with Gasteiger partial charge in [0, 0.05) is 42.5 Å². The Hall–Kier alpha value is -3.48. The van der Waals surface area contributed by atoms with Gasteiger partial charge in [-0.25, -0.2) is 0 Å². The molecule has 2 aliphatic heterocycles. The van der Waals surface area contributed by atoms with E-state index in [-0.39, 0.29) is 30.2 Å². The van der Waals surface area contributed by atoms with Crippen molar-refractivity contribution in [1.82, 2.24) is 15.2 Å². The van der Waals surface area contributed by atoms with Crippen LogP contribution >= 0.6 is 0 Å². The fourth-order valence-electron chi connectivity index (χ4n) is 4.54. The molecule has 0 saturated carbocycles. The highest BCUT2D eigenvalue weighted by Crippen LogP contribution is 2.33. The van der Waals surface area contributed by atoms with Crippen LogP contribution in [-0.2, 0) is 19.7 Å². The zero-order valence-electron chi connectivity index (χ0n) is 20.9. The first kappa shape index (κ1) is 25.6. The first-order chi connectivity index (χ1) is 17.2. The van der Waals surface area contributed by atoms with Crippen LogP contribution < -0.4 is 10.2 Å². The second-order valence-corrected chi connectivity index (χ2v) is 10.5. The molecule has 1 aromatic carbocycles. The predicted octanol–water partition coefficient (Wildman–Crippen LogP) is 2.13. The van der Waals surface area contributed by atoms with Gasteiger partial charge < -0.3 is 15.2 Å². The van der Waals surface area contributed by atoms with E-state index >= 15 is 0 Å². The number of rotatable bonds is 7. The summed E-state index contributed by atoms with van der Waals surface area (Å²) >= 11 is 0. The van der Waals surface area contributed by atoms with E-state index in [0.29, 0.717) is 31.0 Å². The Labute approximate surface area is 211 Å². The third kappa shape index (κ3) is 5.50. The van der Waals surface area contributed by atoms with Crippen LogP contribution in [0.3, 0.4) is 0 Å². The number of hydrogen-bond donors (Lipinski definition) is 2. The Morgan fingerprint density at radius 2 is 2.00 bits per heavy atom. The van der Waals surface area contributed by atoms with Gasteiger partial charge in [-0.05, 0) is 29.2 Å². The van der Waals surface area contributed by atoms with Gasteiger partial charge in [0.25, 0.3) is 5.91 Å². The topological polar surface area (TPSA) is 119 Å². The molecule has 2 saturated heterocycles. The highest BCUT2D eigenvalue weighted by molar-refractivity contribution is 6.04. The van der Waals surface area contributed by atoms with Crippen LogP contribution in [0.5, 0.6) is 0 Å². The number of likely N-dealkylation sites (tertiary alicyclic amines) is 1. The molecule has 2 amide bonds. The van der Waals surface area contributed by atoms with Gasteiger partial charge in [-0.2, -0.15) is 5.26 Å². The Bertz CT molecular complexity index is 1110. The average molecular weight is 492 g/mol. The molecule has 0 aliphatic carbocycles. The molecule has 0 bridgehead atoms. The third-order valence-electron chi connectivity index (χ3n) is 6.72. The number of β-amino-alcohol motifs (C(OH)–C–C–N with tert-alkyl or cyclic N) is 1. The van der Waals surface area contributed by atoms with Crippen LogP contribution in [0.25, 0.3) is 0 Å². The van der Waals surface area contributed by atoms with Crippen LogP contribution in [0.4, 0.5) is 5.69 Å². The molecule has 0 spiro atoms. The quantitative estimate of drug-likeness (QED) is 0.570. The van der Waals surface area contributed by atoms with Gasteiger partial charge in [0.05, 0.1) is 25.9 Å². The Kier molecular flexibility index (Phi) is 7.57. The molecule has 190 valence electrons. The van der Waals surface area contributed by atoms with Gasteiger partial charge in [-0.1, -0.05) is 39.0 Å². The van der Waals surface area contributed by atoms with E-state index in [2.05, 4.69) is 31.1 Å². The van der Waals surface area contributed by atoms with Gasteiger partial charge in [0.15, 0.2) is 6.19 Å². The number of benzene rings is 1. The zero-order valence-corrected chi connectivity index (χ0v) is 20.9. The Morgan fingerprint density at radius 3 is 2.56 bits per heavy atom. The van der Waals surface area contributed by atoms with Gasteiger partial charge >= 0.3 is 0 Å². The first-order valence-corrected chi connectivity index (χ1v) is 12.2. The summed E-state index contributed by atoms with van der Waals surface area (Å²) < 4.78 is 5.22. The monoisotopic (exact) mass is 491 g/mol.